The quantitative estimate of drug-likeness (QED) is 0.177. The number of nitrogens with zero attached hydrogens (tertiary/aromatic N) is 1. The van der Waals surface area contributed by atoms with Gasteiger partial charge in [0.15, 0.2) is 0 Å². The molecule has 1 aliphatic carbocycles. The maximum Gasteiger partial charge on any atom is 0.0541 e. The van der Waals surface area contributed by atoms with Crippen molar-refractivity contribution in [3.63, 3.8) is 0 Å². The van der Waals surface area contributed by atoms with Gasteiger partial charge in [-0.15, -0.1) is 0 Å². The maximum atomic E-state index is 2.46. The van der Waals surface area contributed by atoms with Crippen LogP contribution in [-0.4, -0.2) is 4.57 Å². The van der Waals surface area contributed by atoms with E-state index in [2.05, 4.69) is 199 Å². The number of fused-ring (bicyclic) bond motifs is 6. The third kappa shape index (κ3) is 4.48. The molecule has 0 unspecified atom stereocenters. The molecule has 0 saturated heterocycles. The van der Waals surface area contributed by atoms with Crippen molar-refractivity contribution in [1.29, 1.82) is 0 Å². The zero-order valence-electron chi connectivity index (χ0n) is 27.5. The van der Waals surface area contributed by atoms with Crippen LogP contribution in [-0.2, 0) is 0 Å². The summed E-state index contributed by atoms with van der Waals surface area (Å²) in [5.41, 5.74) is 17.6. The van der Waals surface area contributed by atoms with E-state index >= 15 is 0 Å². The van der Waals surface area contributed by atoms with Crippen molar-refractivity contribution in [2.45, 2.75) is 5.92 Å². The Morgan fingerprint density at radius 3 is 1.50 bits per heavy atom. The van der Waals surface area contributed by atoms with Gasteiger partial charge in [0.25, 0.3) is 0 Å². The number of hydrogen-bond acceptors (Lipinski definition) is 0. The molecule has 0 aliphatic heterocycles. The first-order valence-electron chi connectivity index (χ1n) is 17.4. The van der Waals surface area contributed by atoms with E-state index in [0.717, 1.165) is 0 Å². The summed E-state index contributed by atoms with van der Waals surface area (Å²) in [6, 6.07) is 71.3. The second-order valence-corrected chi connectivity index (χ2v) is 13.2. The Bertz CT molecular complexity index is 2600. The SMILES string of the molecule is c1ccc(-c2ccc(-n3c4ccccc4c4ccccc43)c(-c3ccc(C4c5ccccc5-c5ccccc54)cc3-c3ccccc3)c2)cc1. The standard InChI is InChI=1S/C49H33N/c1-3-15-33(16-4-1)35-28-30-48(50-46-25-13-11-21-40(46)41-22-12-14-26-47(41)50)45(31-35)39-29-27-36(32-44(39)34-17-5-2-6-18-34)49-42-23-9-7-19-37(42)38-20-8-10-24-43(38)49/h1-32,49H. The average Bonchev–Trinajstić information content (AvgIpc) is 3.71. The average molecular weight is 636 g/mol. The van der Waals surface area contributed by atoms with Crippen molar-refractivity contribution in [3.8, 4) is 50.2 Å². The molecule has 0 saturated carbocycles. The molecule has 50 heavy (non-hydrogen) atoms. The molecule has 1 heteroatoms. The molecular weight excluding hydrogens is 603 g/mol. The fraction of sp³-hybridized carbons (Fsp3) is 0.0204. The Morgan fingerprint density at radius 2 is 0.860 bits per heavy atom. The van der Waals surface area contributed by atoms with Gasteiger partial charge in [-0.25, -0.2) is 0 Å². The largest absolute Gasteiger partial charge is 0.309 e. The van der Waals surface area contributed by atoms with Crippen LogP contribution in [0, 0.1) is 0 Å². The van der Waals surface area contributed by atoms with Gasteiger partial charge in [0.2, 0.25) is 0 Å². The number of para-hydroxylation sites is 2. The molecule has 0 radical (unpaired) electrons. The predicted octanol–water partition coefficient (Wildman–Crippen LogP) is 12.9. The summed E-state index contributed by atoms with van der Waals surface area (Å²) < 4.78 is 2.46. The fourth-order valence-corrected chi connectivity index (χ4v) is 8.29. The molecular formula is C49H33N. The first-order chi connectivity index (χ1) is 24.8. The molecule has 0 fully saturated rings. The maximum absolute atomic E-state index is 2.46. The van der Waals surface area contributed by atoms with Gasteiger partial charge in [0, 0.05) is 22.3 Å². The number of rotatable bonds is 5. The summed E-state index contributed by atoms with van der Waals surface area (Å²) in [6.07, 6.45) is 0. The lowest BCUT2D eigenvalue weighted by molar-refractivity contribution is 1.02. The lowest BCUT2D eigenvalue weighted by atomic mass is 9.84. The lowest BCUT2D eigenvalue weighted by Crippen LogP contribution is -2.02. The van der Waals surface area contributed by atoms with Gasteiger partial charge in [0.1, 0.15) is 0 Å². The van der Waals surface area contributed by atoms with Crippen molar-refractivity contribution in [3.05, 3.63) is 211 Å². The predicted molar refractivity (Wildman–Crippen MR) is 210 cm³/mol. The highest BCUT2D eigenvalue weighted by molar-refractivity contribution is 6.10. The van der Waals surface area contributed by atoms with Gasteiger partial charge in [-0.1, -0.05) is 164 Å². The summed E-state index contributed by atoms with van der Waals surface area (Å²) >= 11 is 0. The van der Waals surface area contributed by atoms with Gasteiger partial charge in [-0.05, 0) is 86.0 Å². The Balaban J connectivity index is 1.26. The summed E-state index contributed by atoms with van der Waals surface area (Å²) in [5, 5.41) is 2.52. The van der Waals surface area contributed by atoms with Gasteiger partial charge in [-0.2, -0.15) is 0 Å². The zero-order chi connectivity index (χ0) is 33.0. The minimum atomic E-state index is 0.173. The van der Waals surface area contributed by atoms with Crippen molar-refractivity contribution >= 4 is 21.8 Å². The van der Waals surface area contributed by atoms with Crippen molar-refractivity contribution in [1.82, 2.24) is 4.57 Å². The Kier molecular flexibility index (Phi) is 6.63. The molecule has 10 rings (SSSR count). The van der Waals surface area contributed by atoms with Crippen LogP contribution in [0.4, 0.5) is 0 Å². The van der Waals surface area contributed by atoms with E-state index in [0.29, 0.717) is 0 Å². The van der Waals surface area contributed by atoms with E-state index in [1.165, 1.54) is 88.7 Å². The highest BCUT2D eigenvalue weighted by Gasteiger charge is 2.30. The molecule has 0 bridgehead atoms. The van der Waals surface area contributed by atoms with Gasteiger partial charge in [-0.3, -0.25) is 0 Å². The van der Waals surface area contributed by atoms with Crippen LogP contribution < -0.4 is 0 Å². The normalized spacial score (nSPS) is 12.3. The molecule has 0 amide bonds. The molecule has 8 aromatic carbocycles. The first kappa shape index (κ1) is 28.6. The Morgan fingerprint density at radius 1 is 0.320 bits per heavy atom. The minimum Gasteiger partial charge on any atom is -0.309 e. The van der Waals surface area contributed by atoms with Gasteiger partial charge in [0.05, 0.1) is 16.7 Å². The van der Waals surface area contributed by atoms with E-state index in [1.54, 1.807) is 0 Å². The summed E-state index contributed by atoms with van der Waals surface area (Å²) in [5.74, 6) is 0.173. The smallest absolute Gasteiger partial charge is 0.0541 e. The van der Waals surface area contributed by atoms with Crippen molar-refractivity contribution in [2.24, 2.45) is 0 Å². The second-order valence-electron chi connectivity index (χ2n) is 13.2. The molecule has 0 N–H and O–H groups in total. The van der Waals surface area contributed by atoms with Crippen LogP contribution in [0.5, 0.6) is 0 Å². The molecule has 9 aromatic rings. The second kappa shape index (κ2) is 11.6. The molecule has 1 aliphatic rings. The first-order valence-corrected chi connectivity index (χ1v) is 17.4. The highest BCUT2D eigenvalue weighted by atomic mass is 15.0. The van der Waals surface area contributed by atoms with E-state index in [1.807, 2.05) is 0 Å². The molecule has 1 aromatic heterocycles. The molecule has 1 nitrogen and oxygen atoms in total. The van der Waals surface area contributed by atoms with E-state index in [4.69, 9.17) is 0 Å². The minimum absolute atomic E-state index is 0.173. The molecule has 0 spiro atoms. The lowest BCUT2D eigenvalue weighted by Gasteiger charge is -2.21. The Labute approximate surface area is 292 Å². The number of aromatic nitrogens is 1. The van der Waals surface area contributed by atoms with Crippen LogP contribution >= 0.6 is 0 Å². The zero-order valence-corrected chi connectivity index (χ0v) is 27.5. The number of hydrogen-bond donors (Lipinski definition) is 0. The fourth-order valence-electron chi connectivity index (χ4n) is 8.29. The van der Waals surface area contributed by atoms with Gasteiger partial charge < -0.3 is 4.57 Å². The van der Waals surface area contributed by atoms with Crippen LogP contribution in [0.25, 0.3) is 72.0 Å². The van der Waals surface area contributed by atoms with Crippen molar-refractivity contribution < 1.29 is 0 Å². The molecule has 1 heterocycles. The third-order valence-corrected chi connectivity index (χ3v) is 10.5. The van der Waals surface area contributed by atoms with E-state index < -0.39 is 0 Å². The highest BCUT2D eigenvalue weighted by Crippen LogP contribution is 2.49. The van der Waals surface area contributed by atoms with E-state index in [9.17, 15) is 0 Å². The topological polar surface area (TPSA) is 4.93 Å². The van der Waals surface area contributed by atoms with E-state index in [-0.39, 0.29) is 5.92 Å². The van der Waals surface area contributed by atoms with Crippen molar-refractivity contribution in [2.75, 3.05) is 0 Å². The Hall–Kier alpha value is -6.44. The molecule has 0 atom stereocenters. The van der Waals surface area contributed by atoms with Gasteiger partial charge >= 0.3 is 0 Å². The molecule has 234 valence electrons. The number of benzene rings is 8. The monoisotopic (exact) mass is 635 g/mol. The van der Waals surface area contributed by atoms with Crippen LogP contribution in [0.3, 0.4) is 0 Å². The summed E-state index contributed by atoms with van der Waals surface area (Å²) in [6.45, 7) is 0. The summed E-state index contributed by atoms with van der Waals surface area (Å²) in [4.78, 5) is 0. The summed E-state index contributed by atoms with van der Waals surface area (Å²) in [7, 11) is 0. The van der Waals surface area contributed by atoms with Crippen LogP contribution in [0.1, 0.15) is 22.6 Å². The van der Waals surface area contributed by atoms with Crippen LogP contribution in [0.15, 0.2) is 194 Å². The van der Waals surface area contributed by atoms with Crippen LogP contribution in [0.2, 0.25) is 0 Å². The third-order valence-electron chi connectivity index (χ3n) is 10.5.